The van der Waals surface area contributed by atoms with E-state index >= 15 is 0 Å². The van der Waals surface area contributed by atoms with Crippen LogP contribution in [0, 0.1) is 0 Å². The topological polar surface area (TPSA) is 64.6 Å². The third-order valence-electron chi connectivity index (χ3n) is 7.16. The van der Waals surface area contributed by atoms with Gasteiger partial charge in [0.15, 0.2) is 16.6 Å². The van der Waals surface area contributed by atoms with Crippen LogP contribution in [0.15, 0.2) is 60.7 Å². The van der Waals surface area contributed by atoms with Crippen molar-refractivity contribution in [1.82, 2.24) is 0 Å². The van der Waals surface area contributed by atoms with Crippen LogP contribution in [0.4, 0.5) is 0 Å². The van der Waals surface area contributed by atoms with Crippen molar-refractivity contribution in [2.45, 2.75) is 56.9 Å². The van der Waals surface area contributed by atoms with E-state index in [-0.39, 0.29) is 0 Å². The largest absolute Gasteiger partial charge is 0.499 e. The minimum Gasteiger partial charge on any atom is -0.430 e. The standard InChI is InChI=1S/C26H48O7Si5/c1-27-36(10,28-2)23-21-34(6,7)32-38(25-17-13-11-14-18-25,26-19-15-12-16-20-26)33-35(8,9)22-24-37(29-3,30-4)31-5/h11-20H,21-24H2,1-10H3. The van der Waals surface area contributed by atoms with Crippen LogP contribution in [0.3, 0.4) is 0 Å². The molecule has 2 aromatic carbocycles. The van der Waals surface area contributed by atoms with E-state index in [4.69, 9.17) is 30.4 Å². The summed E-state index contributed by atoms with van der Waals surface area (Å²) in [6, 6.07) is 24.4. The molecule has 12 heteroatoms. The molecule has 0 aromatic heterocycles. The second kappa shape index (κ2) is 14.2. The molecule has 0 saturated carbocycles. The minimum atomic E-state index is -3.11. The molecule has 0 atom stereocenters. The summed E-state index contributed by atoms with van der Waals surface area (Å²) in [7, 11) is -4.18. The maximum atomic E-state index is 7.45. The molecule has 0 aliphatic heterocycles. The van der Waals surface area contributed by atoms with Crippen molar-refractivity contribution in [1.29, 1.82) is 0 Å². The molecule has 0 amide bonds. The van der Waals surface area contributed by atoms with Gasteiger partial charge in [-0.2, -0.15) is 0 Å². The van der Waals surface area contributed by atoms with Crippen LogP contribution in [0.25, 0.3) is 0 Å². The molecular formula is C26H48O7Si5. The van der Waals surface area contributed by atoms with Crippen molar-refractivity contribution in [2.24, 2.45) is 0 Å². The molecule has 214 valence electrons. The summed E-state index contributed by atoms with van der Waals surface area (Å²) in [6.07, 6.45) is 0. The highest BCUT2D eigenvalue weighted by atomic mass is 28.5. The van der Waals surface area contributed by atoms with Crippen LogP contribution in [0.1, 0.15) is 0 Å². The van der Waals surface area contributed by atoms with Crippen LogP contribution in [-0.2, 0) is 30.4 Å². The lowest BCUT2D eigenvalue weighted by Crippen LogP contribution is -2.70. The SMILES string of the molecule is CO[Si](C)(CC[Si](C)(C)O[Si](O[Si](C)(C)CC[Si](OC)(OC)OC)(c1ccccc1)c1ccccc1)OC. The van der Waals surface area contributed by atoms with Crippen LogP contribution in [0.5, 0.6) is 0 Å². The average molecular weight is 613 g/mol. The van der Waals surface area contributed by atoms with Gasteiger partial charge in [-0.05, 0) is 61.2 Å². The van der Waals surface area contributed by atoms with Crippen LogP contribution in [-0.4, -0.2) is 78.1 Å². The van der Waals surface area contributed by atoms with E-state index in [9.17, 15) is 0 Å². The van der Waals surface area contributed by atoms with Gasteiger partial charge in [0.05, 0.1) is 0 Å². The molecule has 7 nitrogen and oxygen atoms in total. The lowest BCUT2D eigenvalue weighted by Gasteiger charge is -2.44. The van der Waals surface area contributed by atoms with Crippen LogP contribution in [0.2, 0.25) is 56.9 Å². The first-order valence-corrected chi connectivity index (χ1v) is 25.6. The van der Waals surface area contributed by atoms with Crippen molar-refractivity contribution >= 4 is 52.9 Å². The van der Waals surface area contributed by atoms with Crippen molar-refractivity contribution < 1.29 is 30.4 Å². The summed E-state index contributed by atoms with van der Waals surface area (Å²) < 4.78 is 43.7. The lowest BCUT2D eigenvalue weighted by atomic mass is 10.4. The van der Waals surface area contributed by atoms with E-state index < -0.39 is 42.6 Å². The summed E-state index contributed by atoms with van der Waals surface area (Å²) in [5.41, 5.74) is 0. The number of rotatable bonds is 17. The number of hydrogen-bond donors (Lipinski definition) is 0. The Morgan fingerprint density at radius 1 is 0.474 bits per heavy atom. The zero-order chi connectivity index (χ0) is 28.5. The molecule has 0 saturated heterocycles. The van der Waals surface area contributed by atoms with Crippen molar-refractivity contribution in [3.05, 3.63) is 60.7 Å². The summed E-state index contributed by atoms with van der Waals surface area (Å²) in [5, 5.41) is 2.25. The summed E-state index contributed by atoms with van der Waals surface area (Å²) >= 11 is 0. The third-order valence-corrected chi connectivity index (χ3v) is 25.6. The predicted octanol–water partition coefficient (Wildman–Crippen LogP) is 4.93. The first kappa shape index (κ1) is 33.5. The number of benzene rings is 2. The second-order valence-corrected chi connectivity index (χ2v) is 29.6. The zero-order valence-corrected chi connectivity index (χ0v) is 30.0. The van der Waals surface area contributed by atoms with E-state index in [1.807, 2.05) is 12.1 Å². The van der Waals surface area contributed by atoms with Crippen LogP contribution < -0.4 is 10.4 Å². The second-order valence-electron chi connectivity index (χ2n) is 10.9. The fourth-order valence-corrected chi connectivity index (χ4v) is 25.1. The van der Waals surface area contributed by atoms with Gasteiger partial charge in [-0.1, -0.05) is 60.7 Å². The molecule has 0 bridgehead atoms. The van der Waals surface area contributed by atoms with Gasteiger partial charge in [-0.3, -0.25) is 0 Å². The van der Waals surface area contributed by atoms with E-state index in [0.29, 0.717) is 6.04 Å². The van der Waals surface area contributed by atoms with Gasteiger partial charge in [-0.25, -0.2) is 0 Å². The van der Waals surface area contributed by atoms with E-state index in [1.165, 1.54) is 0 Å². The lowest BCUT2D eigenvalue weighted by molar-refractivity contribution is 0.125. The van der Waals surface area contributed by atoms with Gasteiger partial charge in [0.1, 0.15) is 0 Å². The Balaban J connectivity index is 2.55. The summed E-state index contributed by atoms with van der Waals surface area (Å²) in [6.45, 7) is 11.2. The van der Waals surface area contributed by atoms with Gasteiger partial charge in [0.2, 0.25) is 0 Å². The molecule has 0 N–H and O–H groups in total. The Bertz CT molecular complexity index is 907. The van der Waals surface area contributed by atoms with Crippen molar-refractivity contribution in [2.75, 3.05) is 35.5 Å². The molecule has 2 rings (SSSR count). The van der Waals surface area contributed by atoms with Crippen LogP contribution >= 0.6 is 0 Å². The summed E-state index contributed by atoms with van der Waals surface area (Å²) in [4.78, 5) is 0. The third kappa shape index (κ3) is 8.87. The van der Waals surface area contributed by atoms with Crippen molar-refractivity contribution in [3.8, 4) is 0 Å². The van der Waals surface area contributed by atoms with E-state index in [1.54, 1.807) is 35.5 Å². The average Bonchev–Trinajstić information content (AvgIpc) is 2.93. The highest BCUT2D eigenvalue weighted by Crippen LogP contribution is 2.30. The smallest absolute Gasteiger partial charge is 0.430 e. The molecule has 0 heterocycles. The Labute approximate surface area is 235 Å². The Morgan fingerprint density at radius 3 is 1.18 bits per heavy atom. The molecule has 0 aliphatic rings. The molecule has 0 fully saturated rings. The van der Waals surface area contributed by atoms with Gasteiger partial charge >= 0.3 is 25.9 Å². The Kier molecular flexibility index (Phi) is 12.5. The summed E-state index contributed by atoms with van der Waals surface area (Å²) in [5.74, 6) is 0. The maximum absolute atomic E-state index is 7.45. The van der Waals surface area contributed by atoms with E-state index in [2.05, 4.69) is 81.3 Å². The Morgan fingerprint density at radius 2 is 0.842 bits per heavy atom. The molecule has 0 aliphatic carbocycles. The quantitative estimate of drug-likeness (QED) is 0.235. The molecule has 38 heavy (non-hydrogen) atoms. The zero-order valence-electron chi connectivity index (χ0n) is 25.0. The fraction of sp³-hybridized carbons (Fsp3) is 0.538. The fourth-order valence-electron chi connectivity index (χ4n) is 4.44. The highest BCUT2D eigenvalue weighted by molar-refractivity contribution is 7.02. The minimum absolute atomic E-state index is 0.691. The molecular weight excluding hydrogens is 565 g/mol. The Hall–Kier alpha value is -0.756. The number of hydrogen-bond acceptors (Lipinski definition) is 7. The molecule has 0 radical (unpaired) electrons. The first-order valence-electron chi connectivity index (χ1n) is 13.1. The highest BCUT2D eigenvalue weighted by Gasteiger charge is 2.51. The molecule has 2 aromatic rings. The molecule has 0 spiro atoms. The monoisotopic (exact) mass is 612 g/mol. The van der Waals surface area contributed by atoms with Gasteiger partial charge in [-0.15, -0.1) is 0 Å². The van der Waals surface area contributed by atoms with E-state index in [0.717, 1.165) is 28.5 Å². The normalized spacial score (nSPS) is 13.6. The van der Waals surface area contributed by atoms with Crippen molar-refractivity contribution in [3.63, 3.8) is 0 Å². The van der Waals surface area contributed by atoms with Gasteiger partial charge < -0.3 is 30.4 Å². The molecule has 0 unspecified atom stereocenters. The van der Waals surface area contributed by atoms with Gasteiger partial charge in [0, 0.05) is 41.6 Å². The maximum Gasteiger partial charge on any atom is 0.499 e. The van der Waals surface area contributed by atoms with Gasteiger partial charge in [0.25, 0.3) is 0 Å². The first-order chi connectivity index (χ1) is 17.8. The predicted molar refractivity (Wildman–Crippen MR) is 167 cm³/mol.